The Hall–Kier alpha value is -1.49. The summed E-state index contributed by atoms with van der Waals surface area (Å²) < 4.78 is 33.6. The third-order valence-corrected chi connectivity index (χ3v) is 3.28. The van der Waals surface area contributed by atoms with Crippen LogP contribution < -0.4 is 9.44 Å². The first-order valence-electron chi connectivity index (χ1n) is 5.43. The fraction of sp³-hybridized carbons (Fsp3) is 0.556. The van der Waals surface area contributed by atoms with Gasteiger partial charge in [0.2, 0.25) is 0 Å². The zero-order valence-corrected chi connectivity index (χ0v) is 11.2. The van der Waals surface area contributed by atoms with Crippen molar-refractivity contribution >= 4 is 16.2 Å². The first-order chi connectivity index (χ1) is 8.94. The van der Waals surface area contributed by atoms with Gasteiger partial charge in [-0.3, -0.25) is 0 Å². The second kappa shape index (κ2) is 7.19. The molecule has 0 saturated carbocycles. The molecule has 0 fully saturated rings. The monoisotopic (exact) mass is 292 g/mol. The predicted octanol–water partition coefficient (Wildman–Crippen LogP) is -1.35. The fourth-order valence-corrected chi connectivity index (χ4v) is 2.05. The smallest absolute Gasteiger partial charge is 0.356 e. The van der Waals surface area contributed by atoms with Crippen LogP contribution in [0, 0.1) is 0 Å². The van der Waals surface area contributed by atoms with E-state index in [9.17, 15) is 13.2 Å². The van der Waals surface area contributed by atoms with Crippen LogP contribution in [0.1, 0.15) is 10.5 Å². The number of carbonyl (C=O) groups is 1. The Kier molecular flexibility index (Phi) is 5.89. The van der Waals surface area contributed by atoms with Crippen molar-refractivity contribution in [3.8, 4) is 0 Å². The molecule has 0 aromatic carbocycles. The van der Waals surface area contributed by atoms with Gasteiger partial charge in [0.1, 0.15) is 0 Å². The molecule has 1 heterocycles. The highest BCUT2D eigenvalue weighted by Crippen LogP contribution is 1.95. The molecule has 19 heavy (non-hydrogen) atoms. The van der Waals surface area contributed by atoms with Crippen molar-refractivity contribution < 1.29 is 23.1 Å². The standard InChI is InChI=1S/C9H16N4O5S/c1-18-5-3-12-19(16,17)11-2-4-13-6-8(9(14)15)10-7-13/h6-7,11-12H,2-5H2,1H3,(H,14,15). The van der Waals surface area contributed by atoms with Crippen LogP contribution in [-0.2, 0) is 21.5 Å². The number of carboxylic acid groups (broad SMARTS) is 1. The number of ether oxygens (including phenoxy) is 1. The Morgan fingerprint density at radius 1 is 1.47 bits per heavy atom. The molecule has 0 bridgehead atoms. The highest BCUT2D eigenvalue weighted by atomic mass is 32.2. The van der Waals surface area contributed by atoms with Gasteiger partial charge in [-0.1, -0.05) is 0 Å². The largest absolute Gasteiger partial charge is 0.476 e. The number of carboxylic acids is 1. The molecular weight excluding hydrogens is 276 g/mol. The van der Waals surface area contributed by atoms with Crippen LogP contribution in [0.2, 0.25) is 0 Å². The third kappa shape index (κ3) is 5.79. The summed E-state index contributed by atoms with van der Waals surface area (Å²) in [6.07, 6.45) is 2.66. The van der Waals surface area contributed by atoms with Crippen LogP contribution in [0.5, 0.6) is 0 Å². The van der Waals surface area contributed by atoms with Crippen molar-refractivity contribution in [2.75, 3.05) is 26.8 Å². The van der Waals surface area contributed by atoms with E-state index in [1.165, 1.54) is 24.2 Å². The molecule has 0 aliphatic carbocycles. The van der Waals surface area contributed by atoms with Crippen molar-refractivity contribution in [3.63, 3.8) is 0 Å². The number of hydrogen-bond donors (Lipinski definition) is 3. The summed E-state index contributed by atoms with van der Waals surface area (Å²) in [5, 5.41) is 8.66. The lowest BCUT2D eigenvalue weighted by atomic mass is 10.5. The summed E-state index contributed by atoms with van der Waals surface area (Å²) in [5.41, 5.74) is -0.0823. The van der Waals surface area contributed by atoms with E-state index in [-0.39, 0.29) is 31.9 Å². The molecule has 1 aromatic heterocycles. The van der Waals surface area contributed by atoms with Gasteiger partial charge in [0, 0.05) is 32.9 Å². The average Bonchev–Trinajstić information content (AvgIpc) is 2.78. The van der Waals surface area contributed by atoms with Gasteiger partial charge in [0.15, 0.2) is 5.69 Å². The van der Waals surface area contributed by atoms with Crippen LogP contribution >= 0.6 is 0 Å². The Morgan fingerprint density at radius 3 is 2.74 bits per heavy atom. The maximum Gasteiger partial charge on any atom is 0.356 e. The van der Waals surface area contributed by atoms with Crippen molar-refractivity contribution in [3.05, 3.63) is 18.2 Å². The summed E-state index contributed by atoms with van der Waals surface area (Å²) in [4.78, 5) is 14.2. The van der Waals surface area contributed by atoms with Gasteiger partial charge in [-0.2, -0.15) is 13.1 Å². The average molecular weight is 292 g/mol. The van der Waals surface area contributed by atoms with Crippen molar-refractivity contribution in [2.24, 2.45) is 0 Å². The molecule has 0 radical (unpaired) electrons. The third-order valence-electron chi connectivity index (χ3n) is 2.11. The van der Waals surface area contributed by atoms with Crippen LogP contribution in [0.3, 0.4) is 0 Å². The molecule has 0 saturated heterocycles. The van der Waals surface area contributed by atoms with Gasteiger partial charge in [-0.25, -0.2) is 14.5 Å². The van der Waals surface area contributed by atoms with Crippen molar-refractivity contribution in [1.82, 2.24) is 19.0 Å². The zero-order valence-electron chi connectivity index (χ0n) is 10.4. The number of rotatable bonds is 9. The fourth-order valence-electron chi connectivity index (χ4n) is 1.23. The molecule has 3 N–H and O–H groups in total. The van der Waals surface area contributed by atoms with Crippen molar-refractivity contribution in [1.29, 1.82) is 0 Å². The summed E-state index contributed by atoms with van der Waals surface area (Å²) >= 11 is 0. The van der Waals surface area contributed by atoms with E-state index in [0.29, 0.717) is 0 Å². The highest BCUT2D eigenvalue weighted by molar-refractivity contribution is 7.87. The number of aromatic carboxylic acids is 1. The normalized spacial score (nSPS) is 11.6. The van der Waals surface area contributed by atoms with E-state index in [4.69, 9.17) is 9.84 Å². The van der Waals surface area contributed by atoms with Crippen LogP contribution in [-0.4, -0.2) is 55.9 Å². The number of imidazole rings is 1. The minimum absolute atomic E-state index is 0.0823. The Bertz CT molecular complexity index is 512. The zero-order chi connectivity index (χ0) is 14.3. The molecule has 1 rings (SSSR count). The van der Waals surface area contributed by atoms with E-state index in [1.54, 1.807) is 0 Å². The number of hydrogen-bond acceptors (Lipinski definition) is 5. The highest BCUT2D eigenvalue weighted by Gasteiger charge is 2.09. The summed E-state index contributed by atoms with van der Waals surface area (Å²) in [6, 6.07) is 0. The van der Waals surface area contributed by atoms with E-state index >= 15 is 0 Å². The molecule has 0 aliphatic rings. The number of methoxy groups -OCH3 is 1. The lowest BCUT2D eigenvalue weighted by Crippen LogP contribution is -2.39. The SMILES string of the molecule is COCCNS(=O)(=O)NCCn1cnc(C(=O)O)c1. The predicted molar refractivity (Wildman–Crippen MR) is 66.0 cm³/mol. The summed E-state index contributed by atoms with van der Waals surface area (Å²) in [5.74, 6) is -1.12. The van der Waals surface area contributed by atoms with E-state index in [1.807, 2.05) is 0 Å². The lowest BCUT2D eigenvalue weighted by molar-refractivity contribution is 0.0691. The molecule has 0 unspecified atom stereocenters. The van der Waals surface area contributed by atoms with Gasteiger partial charge in [-0.15, -0.1) is 0 Å². The maximum atomic E-state index is 11.4. The number of aromatic nitrogens is 2. The first-order valence-corrected chi connectivity index (χ1v) is 6.91. The second-order valence-corrected chi connectivity index (χ2v) is 5.17. The number of nitrogens with one attached hydrogen (secondary N) is 2. The van der Waals surface area contributed by atoms with Gasteiger partial charge in [0.05, 0.1) is 12.9 Å². The van der Waals surface area contributed by atoms with E-state index < -0.39 is 16.2 Å². The molecule has 0 spiro atoms. The molecule has 10 heteroatoms. The first kappa shape index (κ1) is 15.6. The van der Waals surface area contributed by atoms with E-state index in [2.05, 4.69) is 14.4 Å². The Morgan fingerprint density at radius 2 is 2.16 bits per heavy atom. The van der Waals surface area contributed by atoms with Gasteiger partial charge >= 0.3 is 5.97 Å². The molecule has 9 nitrogen and oxygen atoms in total. The van der Waals surface area contributed by atoms with Gasteiger partial charge in [-0.05, 0) is 0 Å². The molecular formula is C9H16N4O5S. The quantitative estimate of drug-likeness (QED) is 0.484. The lowest BCUT2D eigenvalue weighted by Gasteiger charge is -2.07. The van der Waals surface area contributed by atoms with Crippen molar-refractivity contribution in [2.45, 2.75) is 6.54 Å². The second-order valence-electron chi connectivity index (χ2n) is 3.59. The molecule has 0 atom stereocenters. The molecule has 108 valence electrons. The minimum atomic E-state index is -3.56. The topological polar surface area (TPSA) is 123 Å². The van der Waals surface area contributed by atoms with Crippen LogP contribution in [0.15, 0.2) is 12.5 Å². The molecule has 0 amide bonds. The number of nitrogens with zero attached hydrogens (tertiary/aromatic N) is 2. The summed E-state index contributed by atoms with van der Waals surface area (Å²) in [7, 11) is -2.09. The Balaban J connectivity index is 2.34. The van der Waals surface area contributed by atoms with Crippen LogP contribution in [0.25, 0.3) is 0 Å². The maximum absolute atomic E-state index is 11.4. The Labute approximate surface area is 110 Å². The van der Waals surface area contributed by atoms with Gasteiger partial charge in [0.25, 0.3) is 10.2 Å². The van der Waals surface area contributed by atoms with Crippen LogP contribution in [0.4, 0.5) is 0 Å². The van der Waals surface area contributed by atoms with Gasteiger partial charge < -0.3 is 14.4 Å². The molecule has 1 aromatic rings. The minimum Gasteiger partial charge on any atom is -0.476 e. The van der Waals surface area contributed by atoms with E-state index in [0.717, 1.165) is 0 Å². The summed E-state index contributed by atoms with van der Waals surface area (Å²) in [6.45, 7) is 0.869. The molecule has 0 aliphatic heterocycles.